The molecule has 146 valence electrons. The molecule has 0 saturated heterocycles. The van der Waals surface area contributed by atoms with Crippen LogP contribution in [0.5, 0.6) is 5.75 Å². The van der Waals surface area contributed by atoms with Gasteiger partial charge in [0.2, 0.25) is 5.91 Å². The molecule has 0 fully saturated rings. The van der Waals surface area contributed by atoms with E-state index in [2.05, 4.69) is 5.32 Å². The zero-order valence-corrected chi connectivity index (χ0v) is 15.2. The number of nitrogens with zero attached hydrogens (tertiary/aromatic N) is 2. The number of ether oxygens (including phenoxy) is 1. The fraction of sp³-hybridized carbons (Fsp3) is 0.389. The SMILES string of the molecule is CN(C)C(=O)CN1CCc2cc(OC/C(=C/F)CNC(=O)O)ccc2C1=O. The van der Waals surface area contributed by atoms with Crippen LogP contribution in [0.1, 0.15) is 15.9 Å². The van der Waals surface area contributed by atoms with Crippen LogP contribution in [0.2, 0.25) is 0 Å². The van der Waals surface area contributed by atoms with Gasteiger partial charge in [-0.15, -0.1) is 0 Å². The van der Waals surface area contributed by atoms with E-state index in [9.17, 15) is 18.8 Å². The number of halogens is 1. The molecule has 1 aliphatic rings. The summed E-state index contributed by atoms with van der Waals surface area (Å²) in [5, 5.41) is 10.6. The molecule has 0 radical (unpaired) electrons. The number of carbonyl (C=O) groups is 3. The van der Waals surface area contributed by atoms with Crippen molar-refractivity contribution in [2.75, 3.05) is 40.3 Å². The van der Waals surface area contributed by atoms with Gasteiger partial charge in [0.25, 0.3) is 5.91 Å². The molecule has 1 aromatic carbocycles. The van der Waals surface area contributed by atoms with E-state index in [0.717, 1.165) is 5.56 Å². The van der Waals surface area contributed by atoms with Crippen LogP contribution in [-0.2, 0) is 11.2 Å². The first-order valence-electron chi connectivity index (χ1n) is 8.32. The summed E-state index contributed by atoms with van der Waals surface area (Å²) in [5.41, 5.74) is 1.44. The molecule has 0 spiro atoms. The maximum atomic E-state index is 12.8. The van der Waals surface area contributed by atoms with Crippen LogP contribution < -0.4 is 10.1 Å². The molecule has 1 heterocycles. The van der Waals surface area contributed by atoms with Crippen molar-refractivity contribution in [1.82, 2.24) is 15.1 Å². The maximum Gasteiger partial charge on any atom is 0.404 e. The summed E-state index contributed by atoms with van der Waals surface area (Å²) < 4.78 is 18.3. The lowest BCUT2D eigenvalue weighted by Gasteiger charge is -2.29. The van der Waals surface area contributed by atoms with E-state index in [1.165, 1.54) is 9.80 Å². The fourth-order valence-electron chi connectivity index (χ4n) is 2.54. The molecule has 2 N–H and O–H groups in total. The summed E-state index contributed by atoms with van der Waals surface area (Å²) in [6.45, 7) is 0.162. The highest BCUT2D eigenvalue weighted by atomic mass is 19.1. The summed E-state index contributed by atoms with van der Waals surface area (Å²) >= 11 is 0. The smallest absolute Gasteiger partial charge is 0.404 e. The molecule has 2 rings (SSSR count). The summed E-state index contributed by atoms with van der Waals surface area (Å²) in [6.07, 6.45) is -0.373. The van der Waals surface area contributed by atoms with Gasteiger partial charge in [0.1, 0.15) is 18.9 Å². The monoisotopic (exact) mass is 379 g/mol. The van der Waals surface area contributed by atoms with E-state index < -0.39 is 6.09 Å². The average Bonchev–Trinajstić information content (AvgIpc) is 2.63. The Balaban J connectivity index is 2.00. The Morgan fingerprint density at radius 1 is 1.41 bits per heavy atom. The number of carboxylic acid groups (broad SMARTS) is 1. The number of nitrogens with one attached hydrogen (secondary N) is 1. The van der Waals surface area contributed by atoms with E-state index in [4.69, 9.17) is 9.84 Å². The van der Waals surface area contributed by atoms with Crippen molar-refractivity contribution < 1.29 is 28.6 Å². The minimum atomic E-state index is -1.25. The molecule has 1 aliphatic heterocycles. The highest BCUT2D eigenvalue weighted by Gasteiger charge is 2.26. The van der Waals surface area contributed by atoms with Crippen LogP contribution in [0, 0.1) is 0 Å². The number of hydrogen-bond donors (Lipinski definition) is 2. The third-order valence-electron chi connectivity index (χ3n) is 4.12. The largest absolute Gasteiger partial charge is 0.489 e. The summed E-state index contributed by atoms with van der Waals surface area (Å²) in [6, 6.07) is 4.92. The van der Waals surface area contributed by atoms with Crippen molar-refractivity contribution in [3.8, 4) is 5.75 Å². The lowest BCUT2D eigenvalue weighted by molar-refractivity contribution is -0.129. The minimum absolute atomic E-state index is 0.0325. The van der Waals surface area contributed by atoms with Gasteiger partial charge < -0.3 is 25.0 Å². The number of carbonyl (C=O) groups excluding carboxylic acids is 2. The van der Waals surface area contributed by atoms with Crippen molar-refractivity contribution in [1.29, 1.82) is 0 Å². The molecule has 3 amide bonds. The van der Waals surface area contributed by atoms with E-state index in [1.54, 1.807) is 32.3 Å². The second-order valence-corrected chi connectivity index (χ2v) is 6.30. The van der Waals surface area contributed by atoms with Crippen LogP contribution in [0.25, 0.3) is 0 Å². The van der Waals surface area contributed by atoms with Gasteiger partial charge in [-0.1, -0.05) is 0 Å². The lowest BCUT2D eigenvalue weighted by atomic mass is 9.98. The van der Waals surface area contributed by atoms with Gasteiger partial charge in [-0.25, -0.2) is 9.18 Å². The highest BCUT2D eigenvalue weighted by Crippen LogP contribution is 2.24. The highest BCUT2D eigenvalue weighted by molar-refractivity contribution is 5.98. The minimum Gasteiger partial charge on any atom is -0.489 e. The molecule has 0 saturated carbocycles. The Kier molecular flexibility index (Phi) is 6.75. The van der Waals surface area contributed by atoms with Crippen molar-refractivity contribution in [3.63, 3.8) is 0 Å². The second kappa shape index (κ2) is 9.02. The van der Waals surface area contributed by atoms with E-state index in [1.807, 2.05) is 0 Å². The Bertz CT molecular complexity index is 763. The summed E-state index contributed by atoms with van der Waals surface area (Å²) in [7, 11) is 3.28. The molecular weight excluding hydrogens is 357 g/mol. The first-order chi connectivity index (χ1) is 12.8. The number of benzene rings is 1. The first kappa shape index (κ1) is 20.2. The molecule has 0 unspecified atom stereocenters. The molecular formula is C18H22FN3O5. The Hall–Kier alpha value is -3.10. The number of rotatable bonds is 7. The molecule has 1 aromatic rings. The molecule has 0 bridgehead atoms. The van der Waals surface area contributed by atoms with Crippen molar-refractivity contribution >= 4 is 17.9 Å². The van der Waals surface area contributed by atoms with E-state index in [-0.39, 0.29) is 37.1 Å². The Morgan fingerprint density at radius 3 is 2.78 bits per heavy atom. The van der Waals surface area contributed by atoms with Crippen LogP contribution in [-0.4, -0.2) is 73.2 Å². The lowest BCUT2D eigenvalue weighted by Crippen LogP contribution is -2.43. The zero-order valence-electron chi connectivity index (χ0n) is 15.2. The van der Waals surface area contributed by atoms with Gasteiger partial charge in [0.05, 0.1) is 6.33 Å². The topological polar surface area (TPSA) is 99.2 Å². The molecule has 9 heteroatoms. The number of hydrogen-bond acceptors (Lipinski definition) is 4. The standard InChI is InChI=1S/C18H22FN3O5/c1-21(2)16(23)10-22-6-5-13-7-14(3-4-15(13)17(22)24)27-11-12(8-19)9-20-18(25)26/h3-4,7-8,20H,5-6,9-11H2,1-2H3,(H,25,26)/b12-8+. The van der Waals surface area contributed by atoms with Crippen LogP contribution in [0.3, 0.4) is 0 Å². The third-order valence-corrected chi connectivity index (χ3v) is 4.12. The molecule has 0 aromatic heterocycles. The van der Waals surface area contributed by atoms with Crippen molar-refractivity contribution in [2.24, 2.45) is 0 Å². The van der Waals surface area contributed by atoms with Crippen LogP contribution in [0.4, 0.5) is 9.18 Å². The van der Waals surface area contributed by atoms with E-state index >= 15 is 0 Å². The first-order valence-corrected chi connectivity index (χ1v) is 8.32. The number of likely N-dealkylation sites (N-methyl/N-ethyl adjacent to an activating group) is 1. The molecule has 27 heavy (non-hydrogen) atoms. The third kappa shape index (κ3) is 5.44. The average molecular weight is 379 g/mol. The Labute approximate surface area is 156 Å². The molecule has 8 nitrogen and oxygen atoms in total. The van der Waals surface area contributed by atoms with Gasteiger partial charge >= 0.3 is 6.09 Å². The Morgan fingerprint density at radius 2 is 2.15 bits per heavy atom. The van der Waals surface area contributed by atoms with E-state index in [0.29, 0.717) is 30.6 Å². The quantitative estimate of drug-likeness (QED) is 0.743. The zero-order chi connectivity index (χ0) is 20.0. The fourth-order valence-corrected chi connectivity index (χ4v) is 2.54. The van der Waals surface area contributed by atoms with Crippen molar-refractivity contribution in [2.45, 2.75) is 6.42 Å². The van der Waals surface area contributed by atoms with Crippen LogP contribution in [0.15, 0.2) is 30.1 Å². The van der Waals surface area contributed by atoms with Crippen molar-refractivity contribution in [3.05, 3.63) is 41.2 Å². The normalized spacial score (nSPS) is 13.8. The predicted molar refractivity (Wildman–Crippen MR) is 95.5 cm³/mol. The number of fused-ring (bicyclic) bond motifs is 1. The molecule has 0 aliphatic carbocycles. The summed E-state index contributed by atoms with van der Waals surface area (Å²) in [5.74, 6) is 0.0920. The van der Waals surface area contributed by atoms with Gasteiger partial charge in [-0.2, -0.15) is 0 Å². The van der Waals surface area contributed by atoms with Gasteiger partial charge in [-0.05, 0) is 30.2 Å². The van der Waals surface area contributed by atoms with Gasteiger partial charge in [0, 0.05) is 38.3 Å². The van der Waals surface area contributed by atoms with Gasteiger partial charge in [-0.3, -0.25) is 9.59 Å². The number of amides is 3. The predicted octanol–water partition coefficient (Wildman–Crippen LogP) is 1.27. The summed E-state index contributed by atoms with van der Waals surface area (Å²) in [4.78, 5) is 37.8. The molecule has 0 atom stereocenters. The maximum absolute atomic E-state index is 12.8. The van der Waals surface area contributed by atoms with Gasteiger partial charge in [0.15, 0.2) is 0 Å². The second-order valence-electron chi connectivity index (χ2n) is 6.30. The van der Waals surface area contributed by atoms with Crippen LogP contribution >= 0.6 is 0 Å².